The van der Waals surface area contributed by atoms with E-state index in [0.717, 1.165) is 47.6 Å². The molecule has 1 saturated heterocycles. The maximum atomic E-state index is 6.10. The van der Waals surface area contributed by atoms with Crippen LogP contribution in [0.1, 0.15) is 44.2 Å². The van der Waals surface area contributed by atoms with E-state index in [4.69, 9.17) is 19.2 Å². The highest BCUT2D eigenvalue weighted by molar-refractivity contribution is 5.89. The van der Waals surface area contributed by atoms with E-state index in [-0.39, 0.29) is 5.60 Å². The van der Waals surface area contributed by atoms with Gasteiger partial charge >= 0.3 is 0 Å². The highest BCUT2D eigenvalue weighted by Crippen LogP contribution is 2.40. The molecule has 2 aromatic rings. The van der Waals surface area contributed by atoms with E-state index in [0.29, 0.717) is 13.2 Å². The molecule has 29 heavy (non-hydrogen) atoms. The normalized spacial score (nSPS) is 18.6. The first-order valence-electron chi connectivity index (χ1n) is 10.7. The molecule has 0 atom stereocenters. The average Bonchev–Trinajstić information content (AvgIpc) is 3.22. The molecule has 0 amide bonds. The fourth-order valence-corrected chi connectivity index (χ4v) is 4.43. The van der Waals surface area contributed by atoms with Crippen molar-refractivity contribution in [2.24, 2.45) is 0 Å². The lowest BCUT2D eigenvalue weighted by molar-refractivity contribution is -0.0392. The summed E-state index contributed by atoms with van der Waals surface area (Å²) in [6, 6.07) is 4.06. The number of ether oxygens (including phenoxy) is 3. The summed E-state index contributed by atoms with van der Waals surface area (Å²) >= 11 is 0. The van der Waals surface area contributed by atoms with Gasteiger partial charge in [0, 0.05) is 37.0 Å². The van der Waals surface area contributed by atoms with Gasteiger partial charge in [0.25, 0.3) is 0 Å². The molecule has 0 bridgehead atoms. The molecule has 3 heterocycles. The molecule has 0 saturated carbocycles. The first-order valence-corrected chi connectivity index (χ1v) is 10.7. The van der Waals surface area contributed by atoms with Crippen molar-refractivity contribution in [3.8, 4) is 11.5 Å². The summed E-state index contributed by atoms with van der Waals surface area (Å²) in [5.74, 6) is 2.44. The molecule has 0 aliphatic carbocycles. The highest BCUT2D eigenvalue weighted by atomic mass is 16.5. The Kier molecular flexibility index (Phi) is 5.83. The number of aromatic nitrogens is 1. The molecular formula is C23H33N3O3. The molecule has 2 aliphatic heterocycles. The van der Waals surface area contributed by atoms with Crippen LogP contribution in [0.15, 0.2) is 12.1 Å². The molecule has 2 aliphatic rings. The Labute approximate surface area is 173 Å². The van der Waals surface area contributed by atoms with Gasteiger partial charge in [-0.2, -0.15) is 0 Å². The van der Waals surface area contributed by atoms with Crippen LogP contribution >= 0.6 is 0 Å². The summed E-state index contributed by atoms with van der Waals surface area (Å²) in [4.78, 5) is 7.40. The highest BCUT2D eigenvalue weighted by Gasteiger charge is 2.30. The Morgan fingerprint density at radius 2 is 1.97 bits per heavy atom. The minimum absolute atomic E-state index is 0.184. The van der Waals surface area contributed by atoms with E-state index in [9.17, 15) is 0 Å². The lowest BCUT2D eigenvalue weighted by Crippen LogP contribution is -2.32. The predicted molar refractivity (Wildman–Crippen MR) is 116 cm³/mol. The Balaban J connectivity index is 1.59. The number of nitrogens with zero attached hydrogens (tertiary/aromatic N) is 2. The molecule has 4 rings (SSSR count). The molecule has 1 N–H and O–H groups in total. The summed E-state index contributed by atoms with van der Waals surface area (Å²) in [6.07, 6.45) is 4.50. The van der Waals surface area contributed by atoms with Gasteiger partial charge in [0.2, 0.25) is 0 Å². The molecule has 1 aromatic carbocycles. The average molecular weight is 400 g/mol. The quantitative estimate of drug-likeness (QED) is 0.710. The van der Waals surface area contributed by atoms with E-state index in [1.807, 2.05) is 13.1 Å². The molecular weight excluding hydrogens is 366 g/mol. The number of anilines is 1. The third-order valence-electron chi connectivity index (χ3n) is 6.01. The number of benzene rings is 1. The second kappa shape index (κ2) is 8.36. The summed E-state index contributed by atoms with van der Waals surface area (Å²) in [6.45, 7) is 9.05. The fraction of sp³-hybridized carbons (Fsp3) is 0.609. The summed E-state index contributed by atoms with van der Waals surface area (Å²) in [7, 11) is 3.62. The van der Waals surface area contributed by atoms with Crippen LogP contribution in [0.5, 0.6) is 11.5 Å². The molecule has 0 spiro atoms. The van der Waals surface area contributed by atoms with Crippen molar-refractivity contribution in [2.75, 3.05) is 45.7 Å². The van der Waals surface area contributed by atoms with E-state index >= 15 is 0 Å². The number of likely N-dealkylation sites (tertiary alicyclic amines) is 1. The van der Waals surface area contributed by atoms with Crippen LogP contribution in [0, 0.1) is 0 Å². The van der Waals surface area contributed by atoms with Crippen LogP contribution in [-0.4, -0.2) is 55.9 Å². The zero-order valence-electron chi connectivity index (χ0n) is 18.1. The topological polar surface area (TPSA) is 55.9 Å². The van der Waals surface area contributed by atoms with Crippen molar-refractivity contribution >= 4 is 16.7 Å². The number of rotatable bonds is 7. The lowest BCUT2D eigenvalue weighted by atomic mass is 9.90. The molecule has 6 nitrogen and oxygen atoms in total. The van der Waals surface area contributed by atoms with Gasteiger partial charge in [-0.1, -0.05) is 0 Å². The maximum Gasteiger partial charge on any atom is 0.163 e. The van der Waals surface area contributed by atoms with Crippen molar-refractivity contribution in [3.05, 3.63) is 23.3 Å². The van der Waals surface area contributed by atoms with Crippen LogP contribution in [0.25, 0.3) is 10.9 Å². The van der Waals surface area contributed by atoms with Crippen LogP contribution in [0.4, 0.5) is 5.82 Å². The minimum atomic E-state index is -0.184. The summed E-state index contributed by atoms with van der Waals surface area (Å²) < 4.78 is 17.9. The monoisotopic (exact) mass is 399 g/mol. The van der Waals surface area contributed by atoms with Crippen LogP contribution < -0.4 is 14.8 Å². The zero-order chi connectivity index (χ0) is 20.4. The van der Waals surface area contributed by atoms with E-state index in [2.05, 4.69) is 30.1 Å². The third kappa shape index (κ3) is 4.28. The standard InChI is InChI=1S/C23H33N3O3/c1-23(2)14-17-18(15-29-23)16-12-20(27-4)21(13-19(16)25-22(17)24-3)28-11-7-10-26-8-5-6-9-26/h12-13H,5-11,14-15H2,1-4H3,(H,24,25). The van der Waals surface area contributed by atoms with Crippen LogP contribution in [0.2, 0.25) is 0 Å². The van der Waals surface area contributed by atoms with Crippen molar-refractivity contribution in [3.63, 3.8) is 0 Å². The third-order valence-corrected chi connectivity index (χ3v) is 6.01. The number of hydrogen-bond acceptors (Lipinski definition) is 6. The second-order valence-corrected chi connectivity index (χ2v) is 8.66. The van der Waals surface area contributed by atoms with E-state index < -0.39 is 0 Å². The Bertz CT molecular complexity index is 876. The van der Waals surface area contributed by atoms with E-state index in [1.54, 1.807) is 7.11 Å². The van der Waals surface area contributed by atoms with E-state index in [1.165, 1.54) is 37.1 Å². The zero-order valence-corrected chi connectivity index (χ0v) is 18.1. The number of fused-ring (bicyclic) bond motifs is 3. The Hall–Kier alpha value is -2.05. The molecule has 0 unspecified atom stereocenters. The largest absolute Gasteiger partial charge is 0.493 e. The smallest absolute Gasteiger partial charge is 0.163 e. The lowest BCUT2D eigenvalue weighted by Gasteiger charge is -2.33. The van der Waals surface area contributed by atoms with Gasteiger partial charge in [0.15, 0.2) is 11.5 Å². The molecule has 0 radical (unpaired) electrons. The number of pyridine rings is 1. The van der Waals surface area contributed by atoms with Gasteiger partial charge in [-0.15, -0.1) is 0 Å². The van der Waals surface area contributed by atoms with Crippen molar-refractivity contribution in [2.45, 2.75) is 51.7 Å². The first-order chi connectivity index (χ1) is 14.0. The number of hydrogen-bond donors (Lipinski definition) is 1. The summed E-state index contributed by atoms with van der Waals surface area (Å²) in [5, 5.41) is 4.35. The Morgan fingerprint density at radius 3 is 2.69 bits per heavy atom. The van der Waals surface area contributed by atoms with Crippen molar-refractivity contribution in [1.29, 1.82) is 0 Å². The number of nitrogens with one attached hydrogen (secondary N) is 1. The maximum absolute atomic E-state index is 6.10. The second-order valence-electron chi connectivity index (χ2n) is 8.66. The molecule has 1 aromatic heterocycles. The van der Waals surface area contributed by atoms with Crippen LogP contribution in [-0.2, 0) is 17.8 Å². The molecule has 158 valence electrons. The predicted octanol–water partition coefficient (Wildman–Crippen LogP) is 4.00. The van der Waals surface area contributed by atoms with Gasteiger partial charge in [0.1, 0.15) is 5.82 Å². The van der Waals surface area contributed by atoms with Crippen molar-refractivity contribution < 1.29 is 14.2 Å². The Morgan fingerprint density at radius 1 is 1.17 bits per heavy atom. The fourth-order valence-electron chi connectivity index (χ4n) is 4.43. The van der Waals surface area contributed by atoms with Gasteiger partial charge in [-0.05, 0) is 57.8 Å². The van der Waals surface area contributed by atoms with Crippen LogP contribution in [0.3, 0.4) is 0 Å². The van der Waals surface area contributed by atoms with Crippen molar-refractivity contribution in [1.82, 2.24) is 9.88 Å². The molecule has 1 fully saturated rings. The van der Waals surface area contributed by atoms with Gasteiger partial charge < -0.3 is 24.4 Å². The minimum Gasteiger partial charge on any atom is -0.493 e. The molecule has 6 heteroatoms. The summed E-state index contributed by atoms with van der Waals surface area (Å²) in [5.41, 5.74) is 3.15. The van der Waals surface area contributed by atoms with Gasteiger partial charge in [-0.3, -0.25) is 0 Å². The first kappa shape index (κ1) is 20.2. The SMILES string of the molecule is CNc1nc2cc(OCCCN3CCCC3)c(OC)cc2c2c1CC(C)(C)OC2. The van der Waals surface area contributed by atoms with Gasteiger partial charge in [-0.25, -0.2) is 4.98 Å². The van der Waals surface area contributed by atoms with Gasteiger partial charge in [0.05, 0.1) is 31.4 Å². The number of methoxy groups -OCH3 is 1.